The molecule has 1 aromatic carbocycles. The van der Waals surface area contributed by atoms with Crippen LogP contribution in [0.25, 0.3) is 0 Å². The molecule has 128 valence electrons. The van der Waals surface area contributed by atoms with Crippen molar-refractivity contribution in [1.29, 1.82) is 0 Å². The molecule has 1 aliphatic rings. The van der Waals surface area contributed by atoms with Crippen molar-refractivity contribution in [2.45, 2.75) is 24.3 Å². The molecule has 3 rings (SSSR count). The van der Waals surface area contributed by atoms with Crippen LogP contribution in [0, 0.1) is 11.6 Å². The Hall–Kier alpha value is -1.64. The molecule has 0 bridgehead atoms. The molecule has 1 aromatic heterocycles. The molecular formula is C14H10Cl2F2N2O3S. The van der Waals surface area contributed by atoms with Crippen molar-refractivity contribution in [3.05, 3.63) is 46.2 Å². The molecule has 5 nitrogen and oxygen atoms in total. The van der Waals surface area contributed by atoms with Gasteiger partial charge in [0.15, 0.2) is 11.6 Å². The van der Waals surface area contributed by atoms with E-state index >= 15 is 0 Å². The molecule has 0 unspecified atom stereocenters. The number of hydrogen-bond acceptors (Lipinski definition) is 3. The second kappa shape index (κ2) is 6.02. The van der Waals surface area contributed by atoms with Crippen molar-refractivity contribution in [3.8, 4) is 0 Å². The van der Waals surface area contributed by atoms with Crippen LogP contribution in [0.4, 0.5) is 14.5 Å². The Morgan fingerprint density at radius 1 is 1.25 bits per heavy atom. The van der Waals surface area contributed by atoms with Gasteiger partial charge in [0.05, 0.1) is 5.02 Å². The molecule has 24 heavy (non-hydrogen) atoms. The van der Waals surface area contributed by atoms with Crippen LogP contribution in [-0.4, -0.2) is 18.9 Å². The third kappa shape index (κ3) is 2.89. The van der Waals surface area contributed by atoms with Gasteiger partial charge in [-0.2, -0.15) is 0 Å². The summed E-state index contributed by atoms with van der Waals surface area (Å²) in [7, 11) is 1.29. The topological polar surface area (TPSA) is 68.2 Å². The van der Waals surface area contributed by atoms with Crippen LogP contribution >= 0.6 is 22.3 Å². The average Bonchev–Trinajstić information content (AvgIpc) is 3.00. The maximum Gasteiger partial charge on any atom is 0.273 e. The summed E-state index contributed by atoms with van der Waals surface area (Å²) >= 11 is 6.07. The summed E-state index contributed by atoms with van der Waals surface area (Å²) in [5.41, 5.74) is 0.303. The first-order chi connectivity index (χ1) is 11.2. The van der Waals surface area contributed by atoms with Crippen molar-refractivity contribution < 1.29 is 22.0 Å². The summed E-state index contributed by atoms with van der Waals surface area (Å²) in [6.07, 6.45) is 1.05. The zero-order valence-electron chi connectivity index (χ0n) is 11.9. The maximum absolute atomic E-state index is 13.2. The molecule has 2 aromatic rings. The summed E-state index contributed by atoms with van der Waals surface area (Å²) < 4.78 is 51.1. The van der Waals surface area contributed by atoms with Gasteiger partial charge >= 0.3 is 0 Å². The quantitative estimate of drug-likeness (QED) is 0.809. The van der Waals surface area contributed by atoms with Gasteiger partial charge in [-0.1, -0.05) is 11.6 Å². The lowest BCUT2D eigenvalue weighted by Gasteiger charge is -2.08. The summed E-state index contributed by atoms with van der Waals surface area (Å²) in [5.74, 6) is -2.91. The number of amides is 1. The van der Waals surface area contributed by atoms with E-state index in [0.29, 0.717) is 25.1 Å². The minimum Gasteiger partial charge on any atom is -0.338 e. The SMILES string of the molecule is O=C(Nc1ccc(F)c(F)c1)c1c(Cl)c(S(=O)(=O)Cl)c2n1CCC2. The Kier molecular flexibility index (Phi) is 4.31. The minimum absolute atomic E-state index is 0.0128. The number of benzene rings is 1. The van der Waals surface area contributed by atoms with Crippen LogP contribution in [0.5, 0.6) is 0 Å². The van der Waals surface area contributed by atoms with E-state index in [1.165, 1.54) is 10.6 Å². The van der Waals surface area contributed by atoms with Gasteiger partial charge in [-0.25, -0.2) is 17.2 Å². The zero-order chi connectivity index (χ0) is 17.6. The molecular weight excluding hydrogens is 385 g/mol. The van der Waals surface area contributed by atoms with Crippen LogP contribution in [-0.2, 0) is 22.0 Å². The van der Waals surface area contributed by atoms with Crippen LogP contribution in [0.15, 0.2) is 23.1 Å². The number of aromatic nitrogens is 1. The van der Waals surface area contributed by atoms with E-state index in [1.54, 1.807) is 0 Å². The number of nitrogens with zero attached hydrogens (tertiary/aromatic N) is 1. The molecule has 1 amide bonds. The van der Waals surface area contributed by atoms with E-state index in [4.69, 9.17) is 22.3 Å². The third-order valence-corrected chi connectivity index (χ3v) is 5.57. The largest absolute Gasteiger partial charge is 0.338 e. The summed E-state index contributed by atoms with van der Waals surface area (Å²) in [5, 5.41) is 2.09. The van der Waals surface area contributed by atoms with E-state index in [2.05, 4.69) is 5.32 Å². The minimum atomic E-state index is -4.13. The first-order valence-electron chi connectivity index (χ1n) is 6.82. The van der Waals surface area contributed by atoms with Crippen LogP contribution in [0.2, 0.25) is 5.02 Å². The van der Waals surface area contributed by atoms with Crippen molar-refractivity contribution in [1.82, 2.24) is 4.57 Å². The molecule has 0 saturated carbocycles. The van der Waals surface area contributed by atoms with Crippen molar-refractivity contribution in [3.63, 3.8) is 0 Å². The lowest BCUT2D eigenvalue weighted by atomic mass is 10.2. The monoisotopic (exact) mass is 394 g/mol. The van der Waals surface area contributed by atoms with E-state index in [0.717, 1.165) is 12.1 Å². The van der Waals surface area contributed by atoms with Gasteiger partial charge in [0.2, 0.25) is 0 Å². The summed E-state index contributed by atoms with van der Waals surface area (Å²) in [6.45, 7) is 0.405. The van der Waals surface area contributed by atoms with Gasteiger partial charge in [-0.3, -0.25) is 4.79 Å². The third-order valence-electron chi connectivity index (χ3n) is 3.70. The van der Waals surface area contributed by atoms with E-state index in [1.807, 2.05) is 0 Å². The number of carbonyl (C=O) groups is 1. The standard InChI is InChI=1S/C14H10Cl2F2N2O3S/c15-11-12(14(21)19-7-3-4-8(17)9(18)6-7)20-5-1-2-10(20)13(11)24(16,22)23/h3-4,6H,1-2,5H2,(H,19,21). The fraction of sp³-hybridized carbons (Fsp3) is 0.214. The number of anilines is 1. The number of halogens is 4. The number of nitrogens with one attached hydrogen (secondary N) is 1. The molecule has 0 aliphatic carbocycles. The Morgan fingerprint density at radius 3 is 2.58 bits per heavy atom. The van der Waals surface area contributed by atoms with Gasteiger partial charge in [0.25, 0.3) is 15.0 Å². The number of fused-ring (bicyclic) bond motifs is 1. The smallest absolute Gasteiger partial charge is 0.273 e. The first kappa shape index (κ1) is 17.2. The molecule has 1 N–H and O–H groups in total. The Morgan fingerprint density at radius 2 is 1.96 bits per heavy atom. The lowest BCUT2D eigenvalue weighted by Crippen LogP contribution is -2.17. The summed E-state index contributed by atoms with van der Waals surface area (Å²) in [6, 6.07) is 2.86. The molecule has 0 spiro atoms. The highest BCUT2D eigenvalue weighted by atomic mass is 35.7. The molecule has 10 heteroatoms. The Labute approximate surface area is 145 Å². The lowest BCUT2D eigenvalue weighted by molar-refractivity contribution is 0.101. The highest BCUT2D eigenvalue weighted by molar-refractivity contribution is 8.13. The summed E-state index contributed by atoms with van der Waals surface area (Å²) in [4.78, 5) is 12.2. The van der Waals surface area contributed by atoms with Gasteiger partial charge in [-0.05, 0) is 25.0 Å². The predicted molar refractivity (Wildman–Crippen MR) is 85.1 cm³/mol. The maximum atomic E-state index is 13.2. The Balaban J connectivity index is 2.03. The van der Waals surface area contributed by atoms with Gasteiger partial charge in [0, 0.05) is 34.7 Å². The number of hydrogen-bond donors (Lipinski definition) is 1. The number of rotatable bonds is 3. The molecule has 0 atom stereocenters. The normalized spacial score (nSPS) is 13.8. The Bertz CT molecular complexity index is 957. The van der Waals surface area contributed by atoms with Crippen LogP contribution in [0.3, 0.4) is 0 Å². The van der Waals surface area contributed by atoms with E-state index in [-0.39, 0.29) is 21.3 Å². The highest BCUT2D eigenvalue weighted by Gasteiger charge is 2.34. The molecule has 0 fully saturated rings. The zero-order valence-corrected chi connectivity index (χ0v) is 14.3. The van der Waals surface area contributed by atoms with Crippen LogP contribution in [0.1, 0.15) is 22.6 Å². The fourth-order valence-electron chi connectivity index (χ4n) is 2.74. The average molecular weight is 395 g/mol. The number of carbonyl (C=O) groups excluding carboxylic acids is 1. The second-order valence-electron chi connectivity index (χ2n) is 5.21. The van der Waals surface area contributed by atoms with Crippen LogP contribution < -0.4 is 5.32 Å². The first-order valence-corrected chi connectivity index (χ1v) is 9.51. The molecule has 1 aliphatic heterocycles. The van der Waals surface area contributed by atoms with E-state index < -0.39 is 26.6 Å². The van der Waals surface area contributed by atoms with Gasteiger partial charge in [-0.15, -0.1) is 0 Å². The molecule has 2 heterocycles. The second-order valence-corrected chi connectivity index (χ2v) is 8.10. The van der Waals surface area contributed by atoms with E-state index in [9.17, 15) is 22.0 Å². The van der Waals surface area contributed by atoms with Crippen molar-refractivity contribution in [2.75, 3.05) is 5.32 Å². The van der Waals surface area contributed by atoms with Crippen molar-refractivity contribution >= 4 is 42.9 Å². The fourth-order valence-corrected chi connectivity index (χ4v) is 4.77. The van der Waals surface area contributed by atoms with Gasteiger partial charge < -0.3 is 9.88 Å². The predicted octanol–water partition coefficient (Wildman–Crippen LogP) is 3.55. The van der Waals surface area contributed by atoms with Crippen molar-refractivity contribution in [2.24, 2.45) is 0 Å². The molecule has 0 radical (unpaired) electrons. The van der Waals surface area contributed by atoms with Gasteiger partial charge in [0.1, 0.15) is 10.6 Å². The molecule has 0 saturated heterocycles. The highest BCUT2D eigenvalue weighted by Crippen LogP contribution is 2.38.